The van der Waals surface area contributed by atoms with Crippen molar-refractivity contribution < 1.29 is 0 Å². The van der Waals surface area contributed by atoms with Gasteiger partial charge >= 0.3 is 0 Å². The second kappa shape index (κ2) is 4.56. The summed E-state index contributed by atoms with van der Waals surface area (Å²) in [6, 6.07) is 0.609. The maximum atomic E-state index is 2.62. The molecule has 0 amide bonds. The largest absolute Gasteiger partial charge is 0.375 e. The molecular formula is C13H24N2. The molecule has 2 unspecified atom stereocenters. The molecule has 2 heterocycles. The Hall–Kier alpha value is -0.500. The van der Waals surface area contributed by atoms with Crippen molar-refractivity contribution in [1.82, 2.24) is 9.80 Å². The molecule has 2 rings (SSSR count). The van der Waals surface area contributed by atoms with Crippen molar-refractivity contribution in [3.63, 3.8) is 0 Å². The molecule has 2 aliphatic heterocycles. The number of likely N-dealkylation sites (tertiary alicyclic amines) is 1. The van der Waals surface area contributed by atoms with Crippen LogP contribution >= 0.6 is 0 Å². The molecule has 0 aromatic carbocycles. The van der Waals surface area contributed by atoms with Crippen LogP contribution in [0, 0.1) is 5.92 Å². The lowest BCUT2D eigenvalue weighted by atomic mass is 9.96. The molecule has 0 aromatic heterocycles. The van der Waals surface area contributed by atoms with Crippen LogP contribution in [0.25, 0.3) is 0 Å². The summed E-state index contributed by atoms with van der Waals surface area (Å²) in [5.74, 6) is 0.712. The van der Waals surface area contributed by atoms with Crippen LogP contribution in [-0.4, -0.2) is 42.5 Å². The molecule has 0 bridgehead atoms. The highest BCUT2D eigenvalue weighted by atomic mass is 15.2. The second-order valence-electron chi connectivity index (χ2n) is 5.22. The molecular weight excluding hydrogens is 184 g/mol. The SMILES string of the molecule is CC1CN(C)C(C)C=C1N1CCCCC1. The summed E-state index contributed by atoms with van der Waals surface area (Å²) in [6.45, 7) is 8.45. The van der Waals surface area contributed by atoms with Gasteiger partial charge in [0.05, 0.1) is 0 Å². The summed E-state index contributed by atoms with van der Waals surface area (Å²) in [6.07, 6.45) is 6.66. The van der Waals surface area contributed by atoms with Crippen LogP contribution in [0.15, 0.2) is 11.8 Å². The average Bonchev–Trinajstić information content (AvgIpc) is 2.25. The standard InChI is InChI=1S/C13H24N2/c1-11-10-14(3)12(2)9-13(11)15-7-5-4-6-8-15/h9,11-12H,4-8,10H2,1-3H3. The summed E-state index contributed by atoms with van der Waals surface area (Å²) in [5, 5.41) is 0. The molecule has 2 atom stereocenters. The quantitative estimate of drug-likeness (QED) is 0.652. The van der Waals surface area contributed by atoms with Gasteiger partial charge in [-0.1, -0.05) is 6.92 Å². The lowest BCUT2D eigenvalue weighted by Gasteiger charge is -2.40. The highest BCUT2D eigenvalue weighted by Crippen LogP contribution is 2.26. The number of hydrogen-bond donors (Lipinski definition) is 0. The Morgan fingerprint density at radius 3 is 2.47 bits per heavy atom. The van der Waals surface area contributed by atoms with Crippen LogP contribution in [0.3, 0.4) is 0 Å². The fourth-order valence-corrected chi connectivity index (χ4v) is 2.80. The van der Waals surface area contributed by atoms with Crippen LogP contribution in [0.2, 0.25) is 0 Å². The van der Waals surface area contributed by atoms with E-state index in [0.29, 0.717) is 12.0 Å². The number of piperidine rings is 1. The van der Waals surface area contributed by atoms with E-state index >= 15 is 0 Å². The van der Waals surface area contributed by atoms with Crippen molar-refractivity contribution in [2.45, 2.75) is 39.2 Å². The molecule has 0 aromatic rings. The molecule has 0 saturated carbocycles. The Balaban J connectivity index is 2.08. The molecule has 2 nitrogen and oxygen atoms in total. The van der Waals surface area contributed by atoms with Gasteiger partial charge in [0, 0.05) is 37.3 Å². The van der Waals surface area contributed by atoms with E-state index in [-0.39, 0.29) is 0 Å². The molecule has 2 aliphatic rings. The highest BCUT2D eigenvalue weighted by Gasteiger charge is 2.25. The molecule has 2 heteroatoms. The van der Waals surface area contributed by atoms with Gasteiger partial charge in [0.2, 0.25) is 0 Å². The van der Waals surface area contributed by atoms with Gasteiger partial charge in [0.25, 0.3) is 0 Å². The van der Waals surface area contributed by atoms with Gasteiger partial charge in [-0.3, -0.25) is 4.90 Å². The van der Waals surface area contributed by atoms with Crippen molar-refractivity contribution in [2.75, 3.05) is 26.7 Å². The molecule has 0 aliphatic carbocycles. The van der Waals surface area contributed by atoms with E-state index in [9.17, 15) is 0 Å². The van der Waals surface area contributed by atoms with Gasteiger partial charge < -0.3 is 4.90 Å². The first kappa shape index (κ1) is 11.0. The fourth-order valence-electron chi connectivity index (χ4n) is 2.80. The minimum atomic E-state index is 0.609. The van der Waals surface area contributed by atoms with Crippen LogP contribution in [-0.2, 0) is 0 Å². The third kappa shape index (κ3) is 2.36. The van der Waals surface area contributed by atoms with Gasteiger partial charge in [-0.15, -0.1) is 0 Å². The summed E-state index contributed by atoms with van der Waals surface area (Å²) >= 11 is 0. The zero-order chi connectivity index (χ0) is 10.8. The Labute approximate surface area is 93.9 Å². The predicted molar refractivity (Wildman–Crippen MR) is 64.8 cm³/mol. The molecule has 0 spiro atoms. The van der Waals surface area contributed by atoms with Crippen molar-refractivity contribution in [1.29, 1.82) is 0 Å². The number of rotatable bonds is 1. The number of nitrogens with zero attached hydrogens (tertiary/aromatic N) is 2. The Morgan fingerprint density at radius 2 is 1.80 bits per heavy atom. The van der Waals surface area contributed by atoms with Gasteiger partial charge in [0.15, 0.2) is 0 Å². The molecule has 1 fully saturated rings. The highest BCUT2D eigenvalue weighted by molar-refractivity contribution is 5.13. The summed E-state index contributed by atoms with van der Waals surface area (Å²) in [7, 11) is 2.23. The Bertz CT molecular complexity index is 241. The van der Waals surface area contributed by atoms with E-state index in [4.69, 9.17) is 0 Å². The van der Waals surface area contributed by atoms with E-state index in [2.05, 4.69) is 36.8 Å². The van der Waals surface area contributed by atoms with E-state index in [1.807, 2.05) is 0 Å². The zero-order valence-corrected chi connectivity index (χ0v) is 10.4. The topological polar surface area (TPSA) is 6.48 Å². The summed E-state index contributed by atoms with van der Waals surface area (Å²) in [4.78, 5) is 5.07. The van der Waals surface area contributed by atoms with Gasteiger partial charge in [-0.25, -0.2) is 0 Å². The number of hydrogen-bond acceptors (Lipinski definition) is 2. The maximum absolute atomic E-state index is 2.62. The fraction of sp³-hybridized carbons (Fsp3) is 0.846. The van der Waals surface area contributed by atoms with Gasteiger partial charge in [-0.05, 0) is 39.3 Å². The minimum Gasteiger partial charge on any atom is -0.375 e. The first-order chi connectivity index (χ1) is 7.18. The van der Waals surface area contributed by atoms with Crippen LogP contribution in [0.1, 0.15) is 33.1 Å². The zero-order valence-electron chi connectivity index (χ0n) is 10.4. The Morgan fingerprint density at radius 1 is 1.13 bits per heavy atom. The average molecular weight is 208 g/mol. The Kier molecular flexibility index (Phi) is 3.35. The monoisotopic (exact) mass is 208 g/mol. The minimum absolute atomic E-state index is 0.609. The molecule has 0 N–H and O–H groups in total. The van der Waals surface area contributed by atoms with E-state index in [0.717, 1.165) is 0 Å². The molecule has 86 valence electrons. The maximum Gasteiger partial charge on any atom is 0.0266 e. The lowest BCUT2D eigenvalue weighted by Crippen LogP contribution is -2.42. The molecule has 15 heavy (non-hydrogen) atoms. The van der Waals surface area contributed by atoms with Gasteiger partial charge in [0.1, 0.15) is 0 Å². The predicted octanol–water partition coefficient (Wildman–Crippen LogP) is 2.33. The van der Waals surface area contributed by atoms with Gasteiger partial charge in [-0.2, -0.15) is 0 Å². The molecule has 0 radical (unpaired) electrons. The molecule has 1 saturated heterocycles. The van der Waals surface area contributed by atoms with Crippen LogP contribution < -0.4 is 0 Å². The van der Waals surface area contributed by atoms with E-state index in [1.54, 1.807) is 5.70 Å². The van der Waals surface area contributed by atoms with Crippen molar-refractivity contribution >= 4 is 0 Å². The first-order valence-electron chi connectivity index (χ1n) is 6.35. The van der Waals surface area contributed by atoms with Crippen molar-refractivity contribution in [3.05, 3.63) is 11.8 Å². The first-order valence-corrected chi connectivity index (χ1v) is 6.35. The van der Waals surface area contributed by atoms with E-state index in [1.165, 1.54) is 38.9 Å². The lowest BCUT2D eigenvalue weighted by molar-refractivity contribution is 0.190. The third-order valence-electron chi connectivity index (χ3n) is 3.90. The normalized spacial score (nSPS) is 34.1. The second-order valence-corrected chi connectivity index (χ2v) is 5.22. The smallest absolute Gasteiger partial charge is 0.0266 e. The summed E-state index contributed by atoms with van der Waals surface area (Å²) < 4.78 is 0. The number of likely N-dealkylation sites (N-methyl/N-ethyl adjacent to an activating group) is 1. The van der Waals surface area contributed by atoms with E-state index < -0.39 is 0 Å². The van der Waals surface area contributed by atoms with Crippen LogP contribution in [0.4, 0.5) is 0 Å². The summed E-state index contributed by atoms with van der Waals surface area (Å²) in [5.41, 5.74) is 1.61. The van der Waals surface area contributed by atoms with Crippen molar-refractivity contribution in [3.8, 4) is 0 Å². The third-order valence-corrected chi connectivity index (χ3v) is 3.90. The van der Waals surface area contributed by atoms with Crippen molar-refractivity contribution in [2.24, 2.45) is 5.92 Å². The van der Waals surface area contributed by atoms with Crippen LogP contribution in [0.5, 0.6) is 0 Å².